The number of carbonyl (C=O) groups is 4. The Kier molecular flexibility index (Phi) is 9.52. The lowest BCUT2D eigenvalue weighted by Gasteiger charge is -2.29. The Morgan fingerprint density at radius 3 is 2.69 bits per heavy atom. The van der Waals surface area contributed by atoms with Crippen molar-refractivity contribution >= 4 is 45.4 Å². The molecule has 3 N–H and O–H groups in total. The lowest BCUT2D eigenvalue weighted by atomic mass is 10.0. The highest BCUT2D eigenvalue weighted by Crippen LogP contribution is 2.45. The van der Waals surface area contributed by atoms with Gasteiger partial charge in [0.25, 0.3) is 5.89 Å². The highest BCUT2D eigenvalue weighted by Gasteiger charge is 2.61. The second-order valence-electron chi connectivity index (χ2n) is 13.3. The first kappa shape index (κ1) is 33.0. The number of ether oxygens (including phenoxy) is 2. The standard InChI is InChI=1S/C34H40N6O8S/c41-28-25-17-22(47-29-26-23(13-16-49-26)36-27(38-29)30-35-14-15-46-30)19-40(25)31(42)24(37-33(45)48-21-10-7-8-11-21)12-6-4-2-1-3-5-9-20-18-34(20,39-28)32(43)44/h5,9,13-16,20-22,24-25H,1-4,6-8,10-12,17-19H2,(H,37,45)(H,39,41)(H,43,44)/b9-5-/t20-,22-,24+,25+,34-/m1/s1. The average Bonchev–Trinajstić information content (AvgIpc) is 3.73. The van der Waals surface area contributed by atoms with Crippen LogP contribution >= 0.6 is 11.3 Å². The maximum Gasteiger partial charge on any atom is 0.408 e. The van der Waals surface area contributed by atoms with Crippen molar-refractivity contribution in [2.75, 3.05) is 6.54 Å². The molecule has 3 aromatic rings. The summed E-state index contributed by atoms with van der Waals surface area (Å²) in [5.41, 5.74) is -0.816. The van der Waals surface area contributed by atoms with Crippen LogP contribution in [0.25, 0.3) is 21.9 Å². The van der Waals surface area contributed by atoms with E-state index in [1.807, 2.05) is 23.6 Å². The van der Waals surface area contributed by atoms with Gasteiger partial charge < -0.3 is 34.5 Å². The summed E-state index contributed by atoms with van der Waals surface area (Å²) in [6.45, 7) is 0.0153. The van der Waals surface area contributed by atoms with E-state index in [0.717, 1.165) is 51.4 Å². The van der Waals surface area contributed by atoms with Crippen LogP contribution in [0.5, 0.6) is 5.88 Å². The third-order valence-corrected chi connectivity index (χ3v) is 10.8. The number of amides is 3. The van der Waals surface area contributed by atoms with Gasteiger partial charge in [-0.15, -0.1) is 11.3 Å². The Hall–Kier alpha value is -4.53. The Labute approximate surface area is 286 Å². The topological polar surface area (TPSA) is 186 Å². The van der Waals surface area contributed by atoms with Gasteiger partial charge in [-0.05, 0) is 62.8 Å². The summed E-state index contributed by atoms with van der Waals surface area (Å²) in [5, 5.41) is 17.6. The number of thiophene rings is 1. The van der Waals surface area contributed by atoms with Crippen LogP contribution in [0.1, 0.15) is 77.0 Å². The molecule has 0 aromatic carbocycles. The summed E-state index contributed by atoms with van der Waals surface area (Å²) >= 11 is 1.39. The Morgan fingerprint density at radius 2 is 1.90 bits per heavy atom. The first-order valence-corrected chi connectivity index (χ1v) is 18.0. The van der Waals surface area contributed by atoms with Crippen molar-refractivity contribution in [1.29, 1.82) is 0 Å². The van der Waals surface area contributed by atoms with E-state index in [4.69, 9.17) is 13.9 Å². The molecule has 0 radical (unpaired) electrons. The number of aliphatic carboxylic acids is 1. The van der Waals surface area contributed by atoms with Gasteiger partial charge in [-0.3, -0.25) is 9.59 Å². The lowest BCUT2D eigenvalue weighted by Crippen LogP contribution is -2.56. The molecule has 7 rings (SSSR count). The van der Waals surface area contributed by atoms with Gasteiger partial charge in [0.05, 0.1) is 18.3 Å². The molecule has 0 unspecified atom stereocenters. The summed E-state index contributed by atoms with van der Waals surface area (Å²) in [6, 6.07) is -0.155. The molecular formula is C34H40N6O8S. The minimum absolute atomic E-state index is 0.0153. The van der Waals surface area contributed by atoms with Crippen LogP contribution < -0.4 is 15.4 Å². The van der Waals surface area contributed by atoms with E-state index in [2.05, 4.69) is 25.6 Å². The molecule has 49 heavy (non-hydrogen) atoms. The summed E-state index contributed by atoms with van der Waals surface area (Å²) in [5.74, 6) is -1.79. The number of rotatable bonds is 6. The molecule has 5 heterocycles. The first-order valence-electron chi connectivity index (χ1n) is 17.1. The third kappa shape index (κ3) is 7.12. The van der Waals surface area contributed by atoms with E-state index < -0.39 is 47.6 Å². The fraction of sp³-hybridized carbons (Fsp3) is 0.559. The van der Waals surface area contributed by atoms with Crippen molar-refractivity contribution < 1.29 is 38.2 Å². The summed E-state index contributed by atoms with van der Waals surface area (Å²) in [4.78, 5) is 68.6. The number of carboxylic acids is 1. The van der Waals surface area contributed by atoms with Crippen molar-refractivity contribution in [2.24, 2.45) is 5.92 Å². The molecule has 0 bridgehead atoms. The van der Waals surface area contributed by atoms with E-state index in [1.165, 1.54) is 28.7 Å². The number of carbonyl (C=O) groups excluding carboxylic acids is 3. The molecule has 2 saturated carbocycles. The van der Waals surface area contributed by atoms with Crippen LogP contribution in [-0.2, 0) is 19.1 Å². The number of oxazole rings is 1. The van der Waals surface area contributed by atoms with Crippen molar-refractivity contribution in [1.82, 2.24) is 30.5 Å². The van der Waals surface area contributed by atoms with Crippen molar-refractivity contribution in [2.45, 2.75) is 107 Å². The molecule has 2 aliphatic heterocycles. The van der Waals surface area contributed by atoms with Crippen LogP contribution in [0.3, 0.4) is 0 Å². The Morgan fingerprint density at radius 1 is 1.08 bits per heavy atom. The number of carboxylic acid groups (broad SMARTS) is 1. The van der Waals surface area contributed by atoms with E-state index in [0.29, 0.717) is 23.1 Å². The second kappa shape index (κ2) is 14.1. The van der Waals surface area contributed by atoms with Crippen LogP contribution in [0.15, 0.2) is 40.5 Å². The first-order chi connectivity index (χ1) is 23.8. The molecule has 1 saturated heterocycles. The molecule has 3 aromatic heterocycles. The molecule has 0 spiro atoms. The van der Waals surface area contributed by atoms with Gasteiger partial charge in [-0.2, -0.15) is 4.98 Å². The predicted octanol–water partition coefficient (Wildman–Crippen LogP) is 4.60. The number of aromatic nitrogens is 3. The van der Waals surface area contributed by atoms with Gasteiger partial charge >= 0.3 is 12.1 Å². The van der Waals surface area contributed by atoms with E-state index in [9.17, 15) is 24.3 Å². The van der Waals surface area contributed by atoms with E-state index in [1.54, 1.807) is 0 Å². The average molecular weight is 693 g/mol. The second-order valence-corrected chi connectivity index (χ2v) is 14.2. The molecule has 260 valence electrons. The molecule has 5 atom stereocenters. The molecule has 2 aliphatic carbocycles. The Balaban J connectivity index is 1.17. The number of hydrogen-bond donors (Lipinski definition) is 3. The summed E-state index contributed by atoms with van der Waals surface area (Å²) in [6.07, 6.45) is 13.7. The fourth-order valence-electron chi connectivity index (χ4n) is 7.16. The molecule has 15 heteroatoms. The SMILES string of the molecule is O=C(N[C@H]1CCCCCC/C=C\[C@@H]2C[C@@]2(C(=O)O)NC(=O)[C@@H]2C[C@@H](Oc3nc(-c4ncco4)nc4ccsc34)CN2C1=O)OC1CCCC1. The number of alkyl carbamates (subject to hydrolysis) is 1. The highest BCUT2D eigenvalue weighted by atomic mass is 32.1. The minimum Gasteiger partial charge on any atom is -0.479 e. The van der Waals surface area contributed by atoms with Crippen LogP contribution in [0, 0.1) is 5.92 Å². The van der Waals surface area contributed by atoms with Crippen LogP contribution in [0.2, 0.25) is 0 Å². The van der Waals surface area contributed by atoms with Gasteiger partial charge in [0, 0.05) is 12.3 Å². The molecular weight excluding hydrogens is 652 g/mol. The number of nitrogens with one attached hydrogen (secondary N) is 2. The van der Waals surface area contributed by atoms with Crippen molar-refractivity contribution in [3.8, 4) is 17.6 Å². The minimum atomic E-state index is -1.44. The zero-order valence-electron chi connectivity index (χ0n) is 27.0. The molecule has 3 amide bonds. The van der Waals surface area contributed by atoms with E-state index in [-0.39, 0.29) is 49.0 Å². The molecule has 3 fully saturated rings. The molecule has 14 nitrogen and oxygen atoms in total. The van der Waals surface area contributed by atoms with Gasteiger partial charge in [0.1, 0.15) is 40.8 Å². The summed E-state index contributed by atoms with van der Waals surface area (Å²) < 4.78 is 18.2. The number of hydrogen-bond acceptors (Lipinski definition) is 11. The maximum absolute atomic E-state index is 14.4. The molecule has 4 aliphatic rings. The van der Waals surface area contributed by atoms with Crippen molar-refractivity contribution in [3.63, 3.8) is 0 Å². The van der Waals surface area contributed by atoms with Gasteiger partial charge in [0.15, 0.2) is 0 Å². The number of allylic oxidation sites excluding steroid dienone is 1. The summed E-state index contributed by atoms with van der Waals surface area (Å²) in [7, 11) is 0. The zero-order valence-corrected chi connectivity index (χ0v) is 27.9. The zero-order chi connectivity index (χ0) is 34.0. The lowest BCUT2D eigenvalue weighted by molar-refractivity contribution is -0.145. The smallest absolute Gasteiger partial charge is 0.408 e. The Bertz CT molecular complexity index is 1720. The number of fused-ring (bicyclic) bond motifs is 3. The van der Waals surface area contributed by atoms with Gasteiger partial charge in [0.2, 0.25) is 23.5 Å². The van der Waals surface area contributed by atoms with Crippen molar-refractivity contribution in [3.05, 3.63) is 36.1 Å². The quantitative estimate of drug-likeness (QED) is 0.307. The van der Waals surface area contributed by atoms with E-state index >= 15 is 0 Å². The largest absolute Gasteiger partial charge is 0.479 e. The van der Waals surface area contributed by atoms with Gasteiger partial charge in [-0.25, -0.2) is 19.6 Å². The normalized spacial score (nSPS) is 28.8. The maximum atomic E-state index is 14.4. The highest BCUT2D eigenvalue weighted by molar-refractivity contribution is 7.17. The fourth-order valence-corrected chi connectivity index (χ4v) is 7.92. The monoisotopic (exact) mass is 692 g/mol. The number of nitrogens with zero attached hydrogens (tertiary/aromatic N) is 4. The van der Waals surface area contributed by atoms with Gasteiger partial charge in [-0.1, -0.05) is 31.4 Å². The third-order valence-electron chi connectivity index (χ3n) is 9.91. The predicted molar refractivity (Wildman–Crippen MR) is 177 cm³/mol. The van der Waals surface area contributed by atoms with Crippen LogP contribution in [0.4, 0.5) is 4.79 Å². The van der Waals surface area contributed by atoms with Crippen LogP contribution in [-0.4, -0.2) is 85.2 Å².